The predicted octanol–water partition coefficient (Wildman–Crippen LogP) is 4.68. The van der Waals surface area contributed by atoms with Crippen LogP contribution in [0.4, 0.5) is 11.4 Å². The van der Waals surface area contributed by atoms with Crippen molar-refractivity contribution < 1.29 is 14.5 Å². The summed E-state index contributed by atoms with van der Waals surface area (Å²) < 4.78 is 1.88. The molecular formula is C25H30N6O4S. The van der Waals surface area contributed by atoms with Crippen LogP contribution in [0.25, 0.3) is 0 Å². The Morgan fingerprint density at radius 2 is 1.89 bits per heavy atom. The second-order valence-electron chi connectivity index (χ2n) is 8.74. The number of aromatic nitrogens is 3. The van der Waals surface area contributed by atoms with Gasteiger partial charge in [0.25, 0.3) is 11.6 Å². The summed E-state index contributed by atoms with van der Waals surface area (Å²) in [6, 6.07) is 11.6. The molecule has 0 spiro atoms. The molecule has 0 bridgehead atoms. The van der Waals surface area contributed by atoms with E-state index in [-0.39, 0.29) is 35.2 Å². The number of rotatable bonds is 10. The normalized spacial score (nSPS) is 11.8. The van der Waals surface area contributed by atoms with Crippen molar-refractivity contribution >= 4 is 35.0 Å². The van der Waals surface area contributed by atoms with E-state index in [1.165, 1.54) is 17.8 Å². The van der Waals surface area contributed by atoms with E-state index in [4.69, 9.17) is 0 Å². The van der Waals surface area contributed by atoms with Gasteiger partial charge in [0, 0.05) is 29.4 Å². The zero-order valence-electron chi connectivity index (χ0n) is 20.9. The molecule has 1 atom stereocenters. The molecule has 10 nitrogen and oxygen atoms in total. The number of thioether (sulfide) groups is 1. The summed E-state index contributed by atoms with van der Waals surface area (Å²) in [6.45, 7) is 10.1. The van der Waals surface area contributed by atoms with Crippen molar-refractivity contribution in [1.29, 1.82) is 0 Å². The fourth-order valence-corrected chi connectivity index (χ4v) is 4.49. The number of nitro benzene ring substituents is 1. The van der Waals surface area contributed by atoms with E-state index in [0.29, 0.717) is 34.3 Å². The molecule has 2 amide bonds. The summed E-state index contributed by atoms with van der Waals surface area (Å²) in [5, 5.41) is 26.1. The Kier molecular flexibility index (Phi) is 8.81. The highest BCUT2D eigenvalue weighted by Crippen LogP contribution is 2.26. The van der Waals surface area contributed by atoms with Crippen LogP contribution in [0.1, 0.15) is 54.1 Å². The molecule has 2 aromatic carbocycles. The lowest BCUT2D eigenvalue weighted by Gasteiger charge is -2.22. The first-order valence-corrected chi connectivity index (χ1v) is 12.6. The molecule has 3 aromatic rings. The first-order chi connectivity index (χ1) is 17.1. The first kappa shape index (κ1) is 26.9. The maximum atomic E-state index is 12.9. The van der Waals surface area contributed by atoms with E-state index >= 15 is 0 Å². The summed E-state index contributed by atoms with van der Waals surface area (Å²) in [5.41, 5.74) is 2.39. The molecule has 2 N–H and O–H groups in total. The summed E-state index contributed by atoms with van der Waals surface area (Å²) in [4.78, 5) is 36.1. The molecule has 0 unspecified atom stereocenters. The molecule has 0 aliphatic carbocycles. The van der Waals surface area contributed by atoms with Gasteiger partial charge in [0.2, 0.25) is 5.91 Å². The van der Waals surface area contributed by atoms with Crippen LogP contribution < -0.4 is 10.6 Å². The van der Waals surface area contributed by atoms with Crippen LogP contribution in [0.5, 0.6) is 0 Å². The van der Waals surface area contributed by atoms with Crippen LogP contribution in [-0.2, 0) is 11.3 Å². The summed E-state index contributed by atoms with van der Waals surface area (Å²) >= 11 is 1.21. The number of carbonyl (C=O) groups excluding carboxylic acids is 2. The van der Waals surface area contributed by atoms with Gasteiger partial charge in [-0.25, -0.2) is 0 Å². The molecule has 0 saturated heterocycles. The number of aryl methyl sites for hydroxylation is 2. The van der Waals surface area contributed by atoms with Gasteiger partial charge in [-0.1, -0.05) is 49.4 Å². The molecule has 0 fully saturated rings. The fourth-order valence-electron chi connectivity index (χ4n) is 3.69. The van der Waals surface area contributed by atoms with Gasteiger partial charge >= 0.3 is 0 Å². The first-order valence-electron chi connectivity index (χ1n) is 11.6. The highest BCUT2D eigenvalue weighted by molar-refractivity contribution is 7.99. The lowest BCUT2D eigenvalue weighted by atomic mass is 10.0. The number of carbonyl (C=O) groups is 2. The monoisotopic (exact) mass is 510 g/mol. The van der Waals surface area contributed by atoms with Crippen LogP contribution in [0.15, 0.2) is 47.6 Å². The number of nitro groups is 1. The Morgan fingerprint density at radius 1 is 1.14 bits per heavy atom. The molecule has 1 heterocycles. The van der Waals surface area contributed by atoms with Gasteiger partial charge in [-0.05, 0) is 44.9 Å². The SMILES string of the molecule is CCn1c(SCC(=O)Nc2ccc(C)c([N+](=O)[O-])c2)nnc1[C@@H](NC(=O)c1cccc(C)c1)C(C)C. The van der Waals surface area contributed by atoms with E-state index in [0.717, 1.165) is 5.56 Å². The minimum atomic E-state index is -0.478. The van der Waals surface area contributed by atoms with Gasteiger partial charge in [-0.2, -0.15) is 0 Å². The van der Waals surface area contributed by atoms with Crippen molar-refractivity contribution in [2.75, 3.05) is 11.1 Å². The second-order valence-corrected chi connectivity index (χ2v) is 9.69. The fraction of sp³-hybridized carbons (Fsp3) is 0.360. The molecule has 0 saturated carbocycles. The van der Waals surface area contributed by atoms with Crippen LogP contribution in [0.3, 0.4) is 0 Å². The van der Waals surface area contributed by atoms with Crippen molar-refractivity contribution in [3.63, 3.8) is 0 Å². The largest absolute Gasteiger partial charge is 0.342 e. The van der Waals surface area contributed by atoms with Crippen molar-refractivity contribution in [3.05, 3.63) is 75.1 Å². The minimum Gasteiger partial charge on any atom is -0.342 e. The molecule has 190 valence electrons. The average Bonchev–Trinajstić information content (AvgIpc) is 3.24. The Hall–Kier alpha value is -3.73. The molecule has 11 heteroatoms. The second kappa shape index (κ2) is 11.8. The molecule has 0 aliphatic heterocycles. The van der Waals surface area contributed by atoms with Crippen LogP contribution >= 0.6 is 11.8 Å². The number of amides is 2. The maximum absolute atomic E-state index is 12.9. The highest BCUT2D eigenvalue weighted by atomic mass is 32.2. The van der Waals surface area contributed by atoms with Gasteiger partial charge in [-0.3, -0.25) is 19.7 Å². The van der Waals surface area contributed by atoms with Crippen LogP contribution in [0.2, 0.25) is 0 Å². The van der Waals surface area contributed by atoms with E-state index in [2.05, 4.69) is 20.8 Å². The Labute approximate surface area is 214 Å². The third kappa shape index (κ3) is 6.48. The molecule has 0 radical (unpaired) electrons. The number of nitrogens with zero attached hydrogens (tertiary/aromatic N) is 4. The predicted molar refractivity (Wildman–Crippen MR) is 139 cm³/mol. The van der Waals surface area contributed by atoms with E-state index in [9.17, 15) is 19.7 Å². The number of benzene rings is 2. The zero-order valence-corrected chi connectivity index (χ0v) is 21.8. The summed E-state index contributed by atoms with van der Waals surface area (Å²) in [5.74, 6) is 0.196. The van der Waals surface area contributed by atoms with Gasteiger partial charge in [0.15, 0.2) is 11.0 Å². The third-order valence-electron chi connectivity index (χ3n) is 5.60. The van der Waals surface area contributed by atoms with Crippen LogP contribution in [-0.4, -0.2) is 37.3 Å². The average molecular weight is 511 g/mol. The highest BCUT2D eigenvalue weighted by Gasteiger charge is 2.26. The lowest BCUT2D eigenvalue weighted by Crippen LogP contribution is -2.33. The van der Waals surface area contributed by atoms with Crippen molar-refractivity contribution in [2.45, 2.75) is 52.4 Å². The zero-order chi connectivity index (χ0) is 26.4. The van der Waals surface area contributed by atoms with Crippen molar-refractivity contribution in [2.24, 2.45) is 5.92 Å². The number of hydrogen-bond acceptors (Lipinski definition) is 7. The quantitative estimate of drug-likeness (QED) is 0.230. The topological polar surface area (TPSA) is 132 Å². The lowest BCUT2D eigenvalue weighted by molar-refractivity contribution is -0.385. The van der Waals surface area contributed by atoms with Gasteiger partial charge in [-0.15, -0.1) is 10.2 Å². The molecule has 0 aliphatic rings. The molecule has 3 rings (SSSR count). The Morgan fingerprint density at radius 3 is 2.53 bits per heavy atom. The Balaban J connectivity index is 1.71. The minimum absolute atomic E-state index is 0.0435. The van der Waals surface area contributed by atoms with Gasteiger partial charge < -0.3 is 15.2 Å². The Bertz CT molecular complexity index is 1270. The standard InChI is InChI=1S/C25H30N6O4S/c1-6-30-23(22(15(2)3)27-24(33)18-9-7-8-16(4)12-18)28-29-25(30)36-14-21(32)26-19-11-10-17(5)20(13-19)31(34)35/h7-13,15,22H,6,14H2,1-5H3,(H,26,32)(H,27,33)/t22-/m0/s1. The summed E-state index contributed by atoms with van der Waals surface area (Å²) in [7, 11) is 0. The number of anilines is 1. The van der Waals surface area contributed by atoms with Crippen LogP contribution in [0, 0.1) is 29.9 Å². The summed E-state index contributed by atoms with van der Waals surface area (Å²) in [6.07, 6.45) is 0. The molecule has 36 heavy (non-hydrogen) atoms. The number of nitrogens with one attached hydrogen (secondary N) is 2. The van der Waals surface area contributed by atoms with E-state index < -0.39 is 4.92 Å². The van der Waals surface area contributed by atoms with Crippen molar-refractivity contribution in [1.82, 2.24) is 20.1 Å². The van der Waals surface area contributed by atoms with Gasteiger partial charge in [0.05, 0.1) is 16.7 Å². The van der Waals surface area contributed by atoms with E-state index in [1.807, 2.05) is 50.5 Å². The van der Waals surface area contributed by atoms with E-state index in [1.54, 1.807) is 25.1 Å². The smallest absolute Gasteiger partial charge is 0.274 e. The third-order valence-corrected chi connectivity index (χ3v) is 6.56. The van der Waals surface area contributed by atoms with Crippen molar-refractivity contribution in [3.8, 4) is 0 Å². The molecule has 1 aromatic heterocycles. The van der Waals surface area contributed by atoms with Gasteiger partial charge in [0.1, 0.15) is 0 Å². The maximum Gasteiger partial charge on any atom is 0.274 e. The number of hydrogen-bond donors (Lipinski definition) is 2. The molecular weight excluding hydrogens is 480 g/mol.